The number of oxime groups is 1. The summed E-state index contributed by atoms with van der Waals surface area (Å²) < 4.78 is 15.3. The number of aromatic nitrogens is 3. The fourth-order valence-corrected chi connectivity index (χ4v) is 3.53. The van der Waals surface area contributed by atoms with E-state index < -0.39 is 5.82 Å². The zero-order valence-electron chi connectivity index (χ0n) is 17.4. The standard InChI is InChI=1S/C21H21Cl2FN6O/c1-11(21(2,3)4)27-20-16(13-6-5-12(24)9-15(13)22)17(23)28-19-14(10-26-30(19)20)18-25-7-8-31-29-18/h5-11,27H,1-4H3,(H,25,29)/t11-/m1/s1. The van der Waals surface area contributed by atoms with Gasteiger partial charge < -0.3 is 15.5 Å². The number of rotatable bonds is 4. The molecule has 0 radical (unpaired) electrons. The van der Waals surface area contributed by atoms with Gasteiger partial charge in [0.2, 0.25) is 0 Å². The highest BCUT2D eigenvalue weighted by molar-refractivity contribution is 6.36. The second-order valence-electron chi connectivity index (χ2n) is 8.27. The summed E-state index contributed by atoms with van der Waals surface area (Å²) in [5, 5.41) is 15.4. The third kappa shape index (κ3) is 4.05. The molecule has 10 heteroatoms. The summed E-state index contributed by atoms with van der Waals surface area (Å²) in [4.78, 5) is 9.58. The number of amidine groups is 1. The van der Waals surface area contributed by atoms with E-state index >= 15 is 0 Å². The number of nitrogens with zero attached hydrogens (tertiary/aromatic N) is 4. The van der Waals surface area contributed by atoms with Gasteiger partial charge in [0.1, 0.15) is 23.1 Å². The highest BCUT2D eigenvalue weighted by Gasteiger charge is 2.27. The van der Waals surface area contributed by atoms with E-state index in [0.29, 0.717) is 34.0 Å². The first-order chi connectivity index (χ1) is 14.7. The van der Waals surface area contributed by atoms with Crippen molar-refractivity contribution in [2.24, 2.45) is 10.6 Å². The lowest BCUT2D eigenvalue weighted by atomic mass is 9.88. The number of nitrogens with one attached hydrogen (secondary N) is 2. The molecule has 0 amide bonds. The number of fused-ring (bicyclic) bond motifs is 1. The smallest absolute Gasteiger partial charge is 0.182 e. The normalized spacial score (nSPS) is 14.7. The summed E-state index contributed by atoms with van der Waals surface area (Å²) in [7, 11) is 0. The molecule has 1 aliphatic heterocycles. The maximum Gasteiger partial charge on any atom is 0.182 e. The van der Waals surface area contributed by atoms with Crippen molar-refractivity contribution >= 4 is 40.5 Å². The fraction of sp³-hybridized carbons (Fsp3) is 0.286. The van der Waals surface area contributed by atoms with Crippen LogP contribution in [-0.4, -0.2) is 26.5 Å². The van der Waals surface area contributed by atoms with E-state index in [0.717, 1.165) is 0 Å². The van der Waals surface area contributed by atoms with Gasteiger partial charge in [0.25, 0.3) is 0 Å². The van der Waals surface area contributed by atoms with Crippen molar-refractivity contribution in [3.8, 4) is 11.1 Å². The van der Waals surface area contributed by atoms with E-state index in [4.69, 9.17) is 28.0 Å². The molecule has 0 spiro atoms. The molecular weight excluding hydrogens is 442 g/mol. The van der Waals surface area contributed by atoms with E-state index in [9.17, 15) is 4.39 Å². The van der Waals surface area contributed by atoms with Gasteiger partial charge in [-0.15, -0.1) is 0 Å². The van der Waals surface area contributed by atoms with Gasteiger partial charge >= 0.3 is 0 Å². The van der Waals surface area contributed by atoms with Gasteiger partial charge in [0, 0.05) is 17.8 Å². The van der Waals surface area contributed by atoms with Crippen molar-refractivity contribution in [1.29, 1.82) is 0 Å². The summed E-state index contributed by atoms with van der Waals surface area (Å²) in [5.41, 5.74) is 2.08. The minimum absolute atomic E-state index is 0.0243. The molecule has 0 fully saturated rings. The molecule has 3 heterocycles. The van der Waals surface area contributed by atoms with Crippen molar-refractivity contribution in [3.05, 3.63) is 58.4 Å². The lowest BCUT2D eigenvalue weighted by molar-refractivity contribution is 0.260. The van der Waals surface area contributed by atoms with Crippen molar-refractivity contribution in [2.45, 2.75) is 33.7 Å². The Morgan fingerprint density at radius 3 is 2.65 bits per heavy atom. The molecule has 2 aromatic heterocycles. The first-order valence-corrected chi connectivity index (χ1v) is 10.4. The number of halogens is 3. The maximum atomic E-state index is 13.7. The van der Waals surface area contributed by atoms with Crippen molar-refractivity contribution < 1.29 is 9.23 Å². The van der Waals surface area contributed by atoms with Crippen LogP contribution in [-0.2, 0) is 4.84 Å². The summed E-state index contributed by atoms with van der Waals surface area (Å²) in [6.07, 6.45) is 4.65. The quantitative estimate of drug-likeness (QED) is 0.504. The van der Waals surface area contributed by atoms with Crippen LogP contribution in [0.15, 0.2) is 42.0 Å². The van der Waals surface area contributed by atoms with Gasteiger partial charge in [0.15, 0.2) is 11.5 Å². The molecule has 162 valence electrons. The highest BCUT2D eigenvalue weighted by atomic mass is 35.5. The van der Waals surface area contributed by atoms with E-state index in [1.54, 1.807) is 23.0 Å². The van der Waals surface area contributed by atoms with Gasteiger partial charge in [-0.3, -0.25) is 0 Å². The Hall–Kier alpha value is -2.84. The minimum Gasteiger partial charge on any atom is -0.366 e. The van der Waals surface area contributed by atoms with Gasteiger partial charge in [-0.05, 0) is 30.5 Å². The lowest BCUT2D eigenvalue weighted by Gasteiger charge is -2.30. The van der Waals surface area contributed by atoms with Crippen LogP contribution in [0.1, 0.15) is 33.3 Å². The summed E-state index contributed by atoms with van der Waals surface area (Å²) in [5.74, 6) is 0.598. The van der Waals surface area contributed by atoms with E-state index in [-0.39, 0.29) is 21.6 Å². The Labute approximate surface area is 188 Å². The van der Waals surface area contributed by atoms with Crippen LogP contribution in [0, 0.1) is 11.2 Å². The van der Waals surface area contributed by atoms with Crippen LogP contribution in [0.5, 0.6) is 0 Å². The Kier molecular flexibility index (Phi) is 5.53. The number of hydrogen-bond acceptors (Lipinski definition) is 6. The van der Waals surface area contributed by atoms with Crippen molar-refractivity contribution in [1.82, 2.24) is 19.9 Å². The Bertz CT molecular complexity index is 1210. The third-order valence-electron chi connectivity index (χ3n) is 5.20. The van der Waals surface area contributed by atoms with Crippen LogP contribution in [0.25, 0.3) is 16.8 Å². The van der Waals surface area contributed by atoms with E-state index in [1.807, 2.05) is 0 Å². The van der Waals surface area contributed by atoms with Gasteiger partial charge in [-0.1, -0.05) is 49.1 Å². The SMILES string of the molecule is C[C@@H](Nc1c(-c2ccc(F)cc2Cl)c(Cl)nc2c(C3=NOC=CN3)cnn12)C(C)(C)C. The zero-order valence-corrected chi connectivity index (χ0v) is 18.9. The number of anilines is 1. The Morgan fingerprint density at radius 2 is 2.00 bits per heavy atom. The molecule has 4 rings (SSSR count). The molecule has 0 aliphatic carbocycles. The molecule has 0 saturated carbocycles. The summed E-state index contributed by atoms with van der Waals surface area (Å²) >= 11 is 13.0. The molecule has 31 heavy (non-hydrogen) atoms. The second-order valence-corrected chi connectivity index (χ2v) is 9.03. The third-order valence-corrected chi connectivity index (χ3v) is 5.79. The molecule has 1 atom stereocenters. The average molecular weight is 463 g/mol. The monoisotopic (exact) mass is 462 g/mol. The molecule has 2 N–H and O–H groups in total. The Balaban J connectivity index is 1.97. The zero-order chi connectivity index (χ0) is 22.3. The summed E-state index contributed by atoms with van der Waals surface area (Å²) in [6, 6.07) is 4.18. The average Bonchev–Trinajstić information content (AvgIpc) is 3.12. The molecular formula is C21H21Cl2FN6O. The first-order valence-electron chi connectivity index (χ1n) is 9.61. The number of benzene rings is 1. The van der Waals surface area contributed by atoms with Gasteiger partial charge in [-0.2, -0.15) is 9.61 Å². The van der Waals surface area contributed by atoms with Crippen LogP contribution in [0.4, 0.5) is 10.2 Å². The molecule has 7 nitrogen and oxygen atoms in total. The number of hydrogen-bond donors (Lipinski definition) is 2. The molecule has 1 aliphatic rings. The van der Waals surface area contributed by atoms with E-state index in [1.165, 1.54) is 18.4 Å². The van der Waals surface area contributed by atoms with Crippen LogP contribution >= 0.6 is 23.2 Å². The predicted molar refractivity (Wildman–Crippen MR) is 121 cm³/mol. The largest absolute Gasteiger partial charge is 0.366 e. The summed E-state index contributed by atoms with van der Waals surface area (Å²) in [6.45, 7) is 8.42. The molecule has 3 aromatic rings. The van der Waals surface area contributed by atoms with Crippen LogP contribution in [0.3, 0.4) is 0 Å². The van der Waals surface area contributed by atoms with E-state index in [2.05, 4.69) is 53.6 Å². The fourth-order valence-electron chi connectivity index (χ4n) is 3.00. The van der Waals surface area contributed by atoms with Crippen LogP contribution in [0.2, 0.25) is 10.2 Å². The van der Waals surface area contributed by atoms with Gasteiger partial charge in [0.05, 0.1) is 22.3 Å². The van der Waals surface area contributed by atoms with Crippen molar-refractivity contribution in [3.63, 3.8) is 0 Å². The maximum absolute atomic E-state index is 13.7. The molecule has 0 unspecified atom stereocenters. The highest BCUT2D eigenvalue weighted by Crippen LogP contribution is 2.40. The minimum atomic E-state index is -0.438. The topological polar surface area (TPSA) is 75.8 Å². The second kappa shape index (κ2) is 8.01. The molecule has 0 saturated heterocycles. The van der Waals surface area contributed by atoms with Crippen LogP contribution < -0.4 is 10.6 Å². The molecule has 0 bridgehead atoms. The van der Waals surface area contributed by atoms with Gasteiger partial charge in [-0.25, -0.2) is 9.37 Å². The Morgan fingerprint density at radius 1 is 1.23 bits per heavy atom. The first kappa shape index (κ1) is 21.4. The van der Waals surface area contributed by atoms with Crippen molar-refractivity contribution in [2.75, 3.05) is 5.32 Å². The molecule has 1 aromatic carbocycles. The predicted octanol–water partition coefficient (Wildman–Crippen LogP) is 5.44. The lowest BCUT2D eigenvalue weighted by Crippen LogP contribution is -2.32.